The van der Waals surface area contributed by atoms with E-state index in [1.165, 1.54) is 0 Å². The summed E-state index contributed by atoms with van der Waals surface area (Å²) in [5.74, 6) is 0.0192. The van der Waals surface area contributed by atoms with Crippen LogP contribution in [-0.4, -0.2) is 61.3 Å². The Morgan fingerprint density at radius 3 is 2.42 bits per heavy atom. The molecule has 9 heteroatoms. The van der Waals surface area contributed by atoms with Crippen LogP contribution >= 0.6 is 12.4 Å². The second-order valence-electron chi connectivity index (χ2n) is 7.82. The van der Waals surface area contributed by atoms with Crippen LogP contribution in [0.5, 0.6) is 0 Å². The smallest absolute Gasteiger partial charge is 0.411 e. The lowest BCUT2D eigenvalue weighted by Crippen LogP contribution is -2.50. The summed E-state index contributed by atoms with van der Waals surface area (Å²) in [5, 5.41) is 2.76. The summed E-state index contributed by atoms with van der Waals surface area (Å²) in [6.07, 6.45) is 1.17. The molecule has 2 amide bonds. The van der Waals surface area contributed by atoms with E-state index >= 15 is 0 Å². The SMILES string of the molecule is CCOC(=O)Nc1ccc2c(c1)N(C(=O)C(C)N1CCOCC1)c1ccccc1CC2.Cl.O. The molecule has 0 aliphatic carbocycles. The zero-order valence-corrected chi connectivity index (χ0v) is 19.8. The van der Waals surface area contributed by atoms with Crippen LogP contribution in [0.3, 0.4) is 0 Å². The summed E-state index contributed by atoms with van der Waals surface area (Å²) < 4.78 is 10.5. The summed E-state index contributed by atoms with van der Waals surface area (Å²) in [5.41, 5.74) is 4.53. The van der Waals surface area contributed by atoms with Gasteiger partial charge in [-0.2, -0.15) is 0 Å². The predicted octanol–water partition coefficient (Wildman–Crippen LogP) is 3.34. The first-order chi connectivity index (χ1) is 15.1. The van der Waals surface area contributed by atoms with Crippen molar-refractivity contribution in [1.82, 2.24) is 4.90 Å². The fourth-order valence-electron chi connectivity index (χ4n) is 4.23. The van der Waals surface area contributed by atoms with Gasteiger partial charge in [0.25, 0.3) is 0 Å². The van der Waals surface area contributed by atoms with Gasteiger partial charge in [0, 0.05) is 18.8 Å². The number of morpholine rings is 1. The second-order valence-corrected chi connectivity index (χ2v) is 7.82. The van der Waals surface area contributed by atoms with Gasteiger partial charge in [0.1, 0.15) is 0 Å². The summed E-state index contributed by atoms with van der Waals surface area (Å²) in [6, 6.07) is 13.5. The fraction of sp³-hybridized carbons (Fsp3) is 0.417. The lowest BCUT2D eigenvalue weighted by molar-refractivity contribution is -0.124. The molecule has 4 rings (SSSR count). The maximum absolute atomic E-state index is 13.8. The normalized spacial score (nSPS) is 16.1. The molecule has 1 atom stereocenters. The van der Waals surface area contributed by atoms with E-state index in [4.69, 9.17) is 9.47 Å². The molecule has 1 unspecified atom stereocenters. The number of rotatable bonds is 4. The highest BCUT2D eigenvalue weighted by molar-refractivity contribution is 6.05. The Morgan fingerprint density at radius 1 is 1.06 bits per heavy atom. The second kappa shape index (κ2) is 12.0. The highest BCUT2D eigenvalue weighted by atomic mass is 35.5. The molecule has 8 nitrogen and oxygen atoms in total. The summed E-state index contributed by atoms with van der Waals surface area (Å²) in [4.78, 5) is 29.8. The molecule has 0 saturated carbocycles. The molecule has 0 radical (unpaired) electrons. The minimum atomic E-state index is -0.504. The van der Waals surface area contributed by atoms with Gasteiger partial charge < -0.3 is 14.9 Å². The number of hydrogen-bond acceptors (Lipinski definition) is 5. The lowest BCUT2D eigenvalue weighted by Gasteiger charge is -2.35. The van der Waals surface area contributed by atoms with E-state index in [9.17, 15) is 9.59 Å². The Bertz CT molecular complexity index is 965. The van der Waals surface area contributed by atoms with Crippen LogP contribution in [0.2, 0.25) is 0 Å². The van der Waals surface area contributed by atoms with E-state index < -0.39 is 6.09 Å². The maximum atomic E-state index is 13.8. The summed E-state index contributed by atoms with van der Waals surface area (Å²) in [6.45, 7) is 6.77. The number of fused-ring (bicyclic) bond motifs is 2. The molecule has 3 N–H and O–H groups in total. The van der Waals surface area contributed by atoms with Crippen LogP contribution < -0.4 is 10.2 Å². The molecule has 2 aromatic rings. The van der Waals surface area contributed by atoms with Gasteiger partial charge in [-0.05, 0) is 56.0 Å². The van der Waals surface area contributed by atoms with Crippen molar-refractivity contribution in [1.29, 1.82) is 0 Å². The van der Waals surface area contributed by atoms with Gasteiger partial charge in [-0.25, -0.2) is 4.79 Å². The van der Waals surface area contributed by atoms with Crippen molar-refractivity contribution in [2.24, 2.45) is 0 Å². The number of aryl methyl sites for hydroxylation is 2. The average molecular weight is 478 g/mol. The molecule has 0 bridgehead atoms. The van der Waals surface area contributed by atoms with Crippen molar-refractivity contribution in [2.45, 2.75) is 32.7 Å². The quantitative estimate of drug-likeness (QED) is 0.727. The van der Waals surface area contributed by atoms with E-state index in [1.807, 2.05) is 48.2 Å². The molecule has 180 valence electrons. The largest absolute Gasteiger partial charge is 0.450 e. The zero-order chi connectivity index (χ0) is 21.8. The van der Waals surface area contributed by atoms with Crippen molar-refractivity contribution in [3.63, 3.8) is 0 Å². The van der Waals surface area contributed by atoms with E-state index in [2.05, 4.69) is 16.3 Å². The number of nitrogens with zero attached hydrogens (tertiary/aromatic N) is 2. The van der Waals surface area contributed by atoms with Crippen molar-refractivity contribution >= 4 is 41.5 Å². The number of carbonyl (C=O) groups is 2. The number of ether oxygens (including phenoxy) is 2. The van der Waals surface area contributed by atoms with Crippen LogP contribution in [0.25, 0.3) is 0 Å². The number of para-hydroxylation sites is 1. The van der Waals surface area contributed by atoms with E-state index in [-0.39, 0.29) is 29.8 Å². The molecule has 33 heavy (non-hydrogen) atoms. The Kier molecular flexibility index (Phi) is 9.67. The number of halogens is 1. The third-order valence-electron chi connectivity index (χ3n) is 5.92. The van der Waals surface area contributed by atoms with Crippen molar-refractivity contribution in [3.8, 4) is 0 Å². The van der Waals surface area contributed by atoms with Crippen LogP contribution in [0.15, 0.2) is 42.5 Å². The maximum Gasteiger partial charge on any atom is 0.411 e. The van der Waals surface area contributed by atoms with Crippen molar-refractivity contribution in [2.75, 3.05) is 43.1 Å². The third-order valence-corrected chi connectivity index (χ3v) is 5.92. The highest BCUT2D eigenvalue weighted by Gasteiger charge is 2.32. The third kappa shape index (κ3) is 5.83. The number of benzene rings is 2. The first kappa shape index (κ1) is 26.6. The monoisotopic (exact) mass is 477 g/mol. The van der Waals surface area contributed by atoms with Gasteiger partial charge in [0.15, 0.2) is 0 Å². The van der Waals surface area contributed by atoms with Crippen LogP contribution in [0, 0.1) is 0 Å². The summed E-state index contributed by atoms with van der Waals surface area (Å²) >= 11 is 0. The zero-order valence-electron chi connectivity index (χ0n) is 19.0. The van der Waals surface area contributed by atoms with Gasteiger partial charge >= 0.3 is 6.09 Å². The molecule has 2 heterocycles. The first-order valence-corrected chi connectivity index (χ1v) is 10.9. The molecular weight excluding hydrogens is 446 g/mol. The van der Waals surface area contributed by atoms with Gasteiger partial charge in [0.05, 0.1) is 37.2 Å². The Labute approximate surface area is 200 Å². The molecule has 1 fully saturated rings. The molecular formula is C24H32ClN3O5. The van der Waals surface area contributed by atoms with Gasteiger partial charge in [0.2, 0.25) is 5.91 Å². The molecule has 1 saturated heterocycles. The Morgan fingerprint density at radius 2 is 1.73 bits per heavy atom. The van der Waals surface area contributed by atoms with Gasteiger partial charge in [-0.3, -0.25) is 19.9 Å². The predicted molar refractivity (Wildman–Crippen MR) is 131 cm³/mol. The van der Waals surface area contributed by atoms with Crippen LogP contribution in [0.1, 0.15) is 25.0 Å². The van der Waals surface area contributed by atoms with Crippen molar-refractivity contribution in [3.05, 3.63) is 53.6 Å². The fourth-order valence-corrected chi connectivity index (χ4v) is 4.23. The number of anilines is 3. The molecule has 0 spiro atoms. The average Bonchev–Trinajstić information content (AvgIpc) is 2.95. The summed E-state index contributed by atoms with van der Waals surface area (Å²) in [7, 11) is 0. The van der Waals surface area contributed by atoms with E-state index in [0.717, 1.165) is 48.4 Å². The van der Waals surface area contributed by atoms with Gasteiger partial charge in [-0.1, -0.05) is 24.3 Å². The van der Waals surface area contributed by atoms with Crippen LogP contribution in [-0.2, 0) is 27.1 Å². The van der Waals surface area contributed by atoms with Crippen LogP contribution in [0.4, 0.5) is 21.9 Å². The molecule has 2 aromatic carbocycles. The topological polar surface area (TPSA) is 103 Å². The number of nitrogens with one attached hydrogen (secondary N) is 1. The Hall–Kier alpha value is -2.65. The molecule has 2 aliphatic rings. The Balaban J connectivity index is 0.00000193. The number of hydrogen-bond donors (Lipinski definition) is 1. The minimum absolute atomic E-state index is 0. The highest BCUT2D eigenvalue weighted by Crippen LogP contribution is 2.38. The standard InChI is InChI=1S/C24H29N3O4.ClH.H2O/c1-3-31-24(29)25-20-11-10-19-9-8-18-6-4-5-7-21(18)27(22(19)16-20)23(28)17(2)26-12-14-30-15-13-26;;/h4-7,10-11,16-17H,3,8-9,12-15H2,1-2H3,(H,25,29);1H;1H2. The number of carbonyl (C=O) groups excluding carboxylic acids is 2. The van der Waals surface area contributed by atoms with E-state index in [1.54, 1.807) is 6.92 Å². The molecule has 0 aromatic heterocycles. The van der Waals surface area contributed by atoms with Gasteiger partial charge in [-0.15, -0.1) is 12.4 Å². The van der Waals surface area contributed by atoms with E-state index in [0.29, 0.717) is 25.5 Å². The molecule has 2 aliphatic heterocycles. The minimum Gasteiger partial charge on any atom is -0.450 e. The van der Waals surface area contributed by atoms with Crippen molar-refractivity contribution < 1.29 is 24.5 Å². The number of amides is 2. The first-order valence-electron chi connectivity index (χ1n) is 10.9. The lowest BCUT2D eigenvalue weighted by atomic mass is 10.0.